The van der Waals surface area contributed by atoms with Crippen LogP contribution in [0.3, 0.4) is 0 Å². The summed E-state index contributed by atoms with van der Waals surface area (Å²) < 4.78 is 14.3. The van der Waals surface area contributed by atoms with E-state index < -0.39 is 0 Å². The van der Waals surface area contributed by atoms with Gasteiger partial charge in [-0.1, -0.05) is 5.21 Å². The van der Waals surface area contributed by atoms with Crippen molar-refractivity contribution in [1.82, 2.24) is 15.0 Å². The van der Waals surface area contributed by atoms with Crippen LogP contribution in [0.1, 0.15) is 5.56 Å². The van der Waals surface area contributed by atoms with Crippen molar-refractivity contribution in [2.75, 3.05) is 5.73 Å². The minimum atomic E-state index is -0.265. The number of hydrogen-bond donors (Lipinski definition) is 1. The molecular formula is C9H9FN4. The average Bonchev–Trinajstić information content (AvgIpc) is 2.51. The minimum Gasteiger partial charge on any atom is -0.381 e. The van der Waals surface area contributed by atoms with Crippen molar-refractivity contribution in [3.63, 3.8) is 0 Å². The SMILES string of the molecule is Cc1cc(F)ccc1-n1cc(N)nn1. The molecule has 72 valence electrons. The number of aryl methyl sites for hydroxylation is 1. The zero-order valence-electron chi connectivity index (χ0n) is 7.61. The van der Waals surface area contributed by atoms with Crippen molar-refractivity contribution in [2.24, 2.45) is 0 Å². The number of halogens is 1. The Hall–Kier alpha value is -1.91. The molecule has 2 rings (SSSR count). The molecular weight excluding hydrogens is 183 g/mol. The molecule has 1 aromatic heterocycles. The van der Waals surface area contributed by atoms with E-state index in [0.717, 1.165) is 11.3 Å². The molecule has 0 spiro atoms. The van der Waals surface area contributed by atoms with Crippen LogP contribution < -0.4 is 5.73 Å². The quantitative estimate of drug-likeness (QED) is 0.740. The van der Waals surface area contributed by atoms with E-state index in [1.807, 2.05) is 0 Å². The van der Waals surface area contributed by atoms with E-state index in [0.29, 0.717) is 5.82 Å². The van der Waals surface area contributed by atoms with Crippen LogP contribution in [0, 0.1) is 12.7 Å². The van der Waals surface area contributed by atoms with Gasteiger partial charge in [-0.2, -0.15) is 0 Å². The lowest BCUT2D eigenvalue weighted by molar-refractivity contribution is 0.625. The molecule has 1 heterocycles. The van der Waals surface area contributed by atoms with E-state index in [2.05, 4.69) is 10.3 Å². The van der Waals surface area contributed by atoms with E-state index in [4.69, 9.17) is 5.73 Å². The van der Waals surface area contributed by atoms with Gasteiger partial charge in [-0.15, -0.1) is 5.10 Å². The zero-order chi connectivity index (χ0) is 10.1. The summed E-state index contributed by atoms with van der Waals surface area (Å²) in [6.45, 7) is 1.80. The number of nitrogens with zero attached hydrogens (tertiary/aromatic N) is 3. The van der Waals surface area contributed by atoms with Crippen molar-refractivity contribution < 1.29 is 4.39 Å². The van der Waals surface area contributed by atoms with Crippen molar-refractivity contribution in [3.05, 3.63) is 35.8 Å². The van der Waals surface area contributed by atoms with Crippen molar-refractivity contribution in [1.29, 1.82) is 0 Å². The summed E-state index contributed by atoms with van der Waals surface area (Å²) in [6, 6.07) is 4.45. The first-order valence-electron chi connectivity index (χ1n) is 4.11. The molecule has 4 nitrogen and oxygen atoms in total. The topological polar surface area (TPSA) is 56.7 Å². The van der Waals surface area contributed by atoms with E-state index in [1.54, 1.807) is 19.2 Å². The lowest BCUT2D eigenvalue weighted by Gasteiger charge is -2.03. The van der Waals surface area contributed by atoms with Crippen LogP contribution >= 0.6 is 0 Å². The third kappa shape index (κ3) is 1.44. The third-order valence-corrected chi connectivity index (χ3v) is 1.92. The Labute approximate surface area is 80.2 Å². The maximum absolute atomic E-state index is 12.8. The summed E-state index contributed by atoms with van der Waals surface area (Å²) in [6.07, 6.45) is 1.58. The number of hydrogen-bond acceptors (Lipinski definition) is 3. The minimum absolute atomic E-state index is 0.265. The fourth-order valence-corrected chi connectivity index (χ4v) is 1.27. The summed E-state index contributed by atoms with van der Waals surface area (Å²) in [5.41, 5.74) is 6.99. The highest BCUT2D eigenvalue weighted by Gasteiger charge is 2.03. The first-order chi connectivity index (χ1) is 6.66. The summed E-state index contributed by atoms with van der Waals surface area (Å²) in [4.78, 5) is 0. The summed E-state index contributed by atoms with van der Waals surface area (Å²) >= 11 is 0. The van der Waals surface area contributed by atoms with Crippen LogP contribution in [0.15, 0.2) is 24.4 Å². The Bertz CT molecular complexity index is 464. The molecule has 5 heteroatoms. The third-order valence-electron chi connectivity index (χ3n) is 1.92. The van der Waals surface area contributed by atoms with Crippen molar-refractivity contribution >= 4 is 5.82 Å². The fourth-order valence-electron chi connectivity index (χ4n) is 1.27. The lowest BCUT2D eigenvalue weighted by atomic mass is 10.2. The second-order valence-electron chi connectivity index (χ2n) is 3.02. The van der Waals surface area contributed by atoms with Gasteiger partial charge in [-0.05, 0) is 30.7 Å². The van der Waals surface area contributed by atoms with Gasteiger partial charge in [0.2, 0.25) is 0 Å². The average molecular weight is 192 g/mol. The molecule has 0 atom stereocenters. The van der Waals surface area contributed by atoms with Gasteiger partial charge in [-0.3, -0.25) is 0 Å². The zero-order valence-corrected chi connectivity index (χ0v) is 7.61. The highest BCUT2D eigenvalue weighted by molar-refractivity contribution is 5.41. The van der Waals surface area contributed by atoms with Crippen LogP contribution in [0.2, 0.25) is 0 Å². The number of anilines is 1. The summed E-state index contributed by atoms with van der Waals surface area (Å²) in [5.74, 6) is 0.0769. The number of nitrogen functional groups attached to an aromatic ring is 1. The number of nitrogens with two attached hydrogens (primary N) is 1. The van der Waals surface area contributed by atoms with E-state index >= 15 is 0 Å². The van der Waals surface area contributed by atoms with E-state index in [1.165, 1.54) is 16.8 Å². The Kier molecular flexibility index (Phi) is 1.92. The first-order valence-corrected chi connectivity index (χ1v) is 4.11. The summed E-state index contributed by atoms with van der Waals surface area (Å²) in [5, 5.41) is 7.45. The molecule has 0 fully saturated rings. The molecule has 1 aromatic carbocycles. The molecule has 0 aliphatic carbocycles. The second kappa shape index (κ2) is 3.10. The monoisotopic (exact) mass is 192 g/mol. The fraction of sp³-hybridized carbons (Fsp3) is 0.111. The van der Waals surface area contributed by atoms with Gasteiger partial charge >= 0.3 is 0 Å². The Morgan fingerprint density at radius 1 is 1.43 bits per heavy atom. The van der Waals surface area contributed by atoms with Gasteiger partial charge in [0, 0.05) is 0 Å². The second-order valence-corrected chi connectivity index (χ2v) is 3.02. The molecule has 0 saturated heterocycles. The Morgan fingerprint density at radius 2 is 2.21 bits per heavy atom. The molecule has 0 aliphatic rings. The number of benzene rings is 1. The van der Waals surface area contributed by atoms with Crippen LogP contribution in [0.25, 0.3) is 5.69 Å². The highest BCUT2D eigenvalue weighted by atomic mass is 19.1. The number of rotatable bonds is 1. The van der Waals surface area contributed by atoms with Gasteiger partial charge in [0.1, 0.15) is 5.82 Å². The molecule has 2 aromatic rings. The van der Waals surface area contributed by atoms with E-state index in [-0.39, 0.29) is 5.82 Å². The predicted molar refractivity (Wildman–Crippen MR) is 50.5 cm³/mol. The van der Waals surface area contributed by atoms with Crippen LogP contribution in [-0.4, -0.2) is 15.0 Å². The molecule has 0 bridgehead atoms. The van der Waals surface area contributed by atoms with Crippen LogP contribution in [0.5, 0.6) is 0 Å². The molecule has 0 radical (unpaired) electrons. The first kappa shape index (κ1) is 8.68. The van der Waals surface area contributed by atoms with Gasteiger partial charge in [0.25, 0.3) is 0 Å². The molecule has 0 unspecified atom stereocenters. The van der Waals surface area contributed by atoms with Crippen LogP contribution in [0.4, 0.5) is 10.2 Å². The van der Waals surface area contributed by atoms with Gasteiger partial charge in [0.15, 0.2) is 5.82 Å². The van der Waals surface area contributed by atoms with Crippen molar-refractivity contribution in [3.8, 4) is 5.69 Å². The summed E-state index contributed by atoms with van der Waals surface area (Å²) in [7, 11) is 0. The van der Waals surface area contributed by atoms with Gasteiger partial charge in [0.05, 0.1) is 11.9 Å². The van der Waals surface area contributed by atoms with Gasteiger partial charge < -0.3 is 5.73 Å². The lowest BCUT2D eigenvalue weighted by Crippen LogP contribution is -1.98. The standard InChI is InChI=1S/C9H9FN4/c1-6-4-7(10)2-3-8(6)14-5-9(11)12-13-14/h2-5H,11H2,1H3. The maximum atomic E-state index is 12.8. The molecule has 0 amide bonds. The molecule has 2 N–H and O–H groups in total. The highest BCUT2D eigenvalue weighted by Crippen LogP contribution is 2.14. The molecule has 14 heavy (non-hydrogen) atoms. The largest absolute Gasteiger partial charge is 0.381 e. The normalized spacial score (nSPS) is 10.4. The Morgan fingerprint density at radius 3 is 2.79 bits per heavy atom. The van der Waals surface area contributed by atoms with Crippen molar-refractivity contribution in [2.45, 2.75) is 6.92 Å². The van der Waals surface area contributed by atoms with Crippen LogP contribution in [-0.2, 0) is 0 Å². The maximum Gasteiger partial charge on any atom is 0.166 e. The predicted octanol–water partition coefficient (Wildman–Crippen LogP) is 1.30. The molecule has 0 aliphatic heterocycles. The van der Waals surface area contributed by atoms with Gasteiger partial charge in [-0.25, -0.2) is 9.07 Å². The molecule has 0 saturated carbocycles. The number of aromatic nitrogens is 3. The smallest absolute Gasteiger partial charge is 0.166 e. The Balaban J connectivity index is 2.52. The van der Waals surface area contributed by atoms with E-state index in [9.17, 15) is 4.39 Å².